The Kier molecular flexibility index (Phi) is 3.79. The first-order chi connectivity index (χ1) is 4.57. The lowest BCUT2D eigenvalue weighted by Gasteiger charge is -2.16. The Hall–Kier alpha value is -0.770. The zero-order valence-corrected chi connectivity index (χ0v) is 6.50. The van der Waals surface area contributed by atoms with Gasteiger partial charge in [0.2, 0.25) is 0 Å². The van der Waals surface area contributed by atoms with Crippen LogP contribution >= 0.6 is 0 Å². The lowest BCUT2D eigenvalue weighted by molar-refractivity contribution is 0.0807. The van der Waals surface area contributed by atoms with Crippen LogP contribution in [0.4, 0.5) is 4.79 Å². The third-order valence-corrected chi connectivity index (χ3v) is 1.26. The van der Waals surface area contributed by atoms with Crippen LogP contribution in [-0.2, 0) is 4.74 Å². The molecule has 60 valence electrons. The Labute approximate surface area is 60.4 Å². The molecular weight excluding hydrogens is 134 g/mol. The topological polar surface area (TPSA) is 49.8 Å². The number of rotatable bonds is 3. The van der Waals surface area contributed by atoms with Gasteiger partial charge in [-0.05, 0) is 6.92 Å². The minimum atomic E-state index is -0.927. The van der Waals surface area contributed by atoms with E-state index >= 15 is 0 Å². The van der Waals surface area contributed by atoms with E-state index in [9.17, 15) is 4.79 Å². The molecule has 0 aromatic heterocycles. The van der Waals surface area contributed by atoms with Gasteiger partial charge in [0.1, 0.15) is 0 Å². The van der Waals surface area contributed by atoms with Crippen molar-refractivity contribution in [3.8, 4) is 0 Å². The van der Waals surface area contributed by atoms with Gasteiger partial charge in [0, 0.05) is 20.7 Å². The van der Waals surface area contributed by atoms with Gasteiger partial charge in [-0.25, -0.2) is 4.79 Å². The summed E-state index contributed by atoms with van der Waals surface area (Å²) in [4.78, 5) is 11.4. The van der Waals surface area contributed by atoms with Gasteiger partial charge in [0.25, 0.3) is 0 Å². The summed E-state index contributed by atoms with van der Waals surface area (Å²) in [5.74, 6) is 0. The second-order valence-corrected chi connectivity index (χ2v) is 2.21. The van der Waals surface area contributed by atoms with Gasteiger partial charge >= 0.3 is 6.09 Å². The fraction of sp³-hybridized carbons (Fsp3) is 0.833. The third kappa shape index (κ3) is 3.29. The molecule has 1 N–H and O–H groups in total. The molecule has 0 aromatic rings. The molecule has 0 aliphatic rings. The van der Waals surface area contributed by atoms with Gasteiger partial charge in [-0.2, -0.15) is 0 Å². The monoisotopic (exact) mass is 147 g/mol. The van der Waals surface area contributed by atoms with Gasteiger partial charge in [0.05, 0.1) is 6.10 Å². The summed E-state index contributed by atoms with van der Waals surface area (Å²) in [5, 5.41) is 8.40. The first-order valence-corrected chi connectivity index (χ1v) is 3.04. The van der Waals surface area contributed by atoms with Crippen LogP contribution in [0.25, 0.3) is 0 Å². The standard InChI is InChI=1S/C6H13NO3/c1-5(10-3)4-7(2)6(8)9/h5H,4H2,1-3H3,(H,8,9)/t5-/m0/s1. The van der Waals surface area contributed by atoms with E-state index in [1.54, 1.807) is 7.11 Å². The molecule has 0 heterocycles. The summed E-state index contributed by atoms with van der Waals surface area (Å²) >= 11 is 0. The maximum Gasteiger partial charge on any atom is 0.407 e. The maximum atomic E-state index is 10.2. The van der Waals surface area contributed by atoms with E-state index in [2.05, 4.69) is 0 Å². The van der Waals surface area contributed by atoms with E-state index < -0.39 is 6.09 Å². The molecule has 0 saturated carbocycles. The molecule has 0 spiro atoms. The fourth-order valence-corrected chi connectivity index (χ4v) is 0.538. The summed E-state index contributed by atoms with van der Waals surface area (Å²) in [7, 11) is 3.07. The molecule has 0 aliphatic carbocycles. The smallest absolute Gasteiger partial charge is 0.407 e. The molecule has 0 fully saturated rings. The Morgan fingerprint density at radius 2 is 2.30 bits per heavy atom. The molecule has 0 aliphatic heterocycles. The number of likely N-dealkylation sites (N-methyl/N-ethyl adjacent to an activating group) is 1. The minimum Gasteiger partial charge on any atom is -0.465 e. The lowest BCUT2D eigenvalue weighted by Crippen LogP contribution is -2.32. The third-order valence-electron chi connectivity index (χ3n) is 1.26. The molecule has 1 atom stereocenters. The molecule has 1 amide bonds. The quantitative estimate of drug-likeness (QED) is 0.637. The van der Waals surface area contributed by atoms with Crippen molar-refractivity contribution < 1.29 is 14.6 Å². The van der Waals surface area contributed by atoms with E-state index in [1.165, 1.54) is 11.9 Å². The van der Waals surface area contributed by atoms with Gasteiger partial charge in [-0.1, -0.05) is 0 Å². The summed E-state index contributed by atoms with van der Waals surface area (Å²) in [6, 6.07) is 0. The molecule has 0 rings (SSSR count). The average Bonchev–Trinajstić information content (AvgIpc) is 1.87. The first kappa shape index (κ1) is 9.23. The Morgan fingerprint density at radius 3 is 2.60 bits per heavy atom. The maximum absolute atomic E-state index is 10.2. The largest absolute Gasteiger partial charge is 0.465 e. The predicted octanol–water partition coefficient (Wildman–Crippen LogP) is 0.631. The summed E-state index contributed by atoms with van der Waals surface area (Å²) in [5.41, 5.74) is 0. The van der Waals surface area contributed by atoms with Crippen molar-refractivity contribution in [2.45, 2.75) is 13.0 Å². The number of nitrogens with zero attached hydrogens (tertiary/aromatic N) is 1. The lowest BCUT2D eigenvalue weighted by atomic mass is 10.4. The number of carboxylic acid groups (broad SMARTS) is 1. The van der Waals surface area contributed by atoms with Gasteiger partial charge in [0.15, 0.2) is 0 Å². The van der Waals surface area contributed by atoms with Crippen LogP contribution in [0.2, 0.25) is 0 Å². The zero-order chi connectivity index (χ0) is 8.15. The Morgan fingerprint density at radius 1 is 1.80 bits per heavy atom. The molecule has 0 unspecified atom stereocenters. The molecule has 4 nitrogen and oxygen atoms in total. The van der Waals surface area contributed by atoms with Crippen molar-refractivity contribution in [2.75, 3.05) is 20.7 Å². The van der Waals surface area contributed by atoms with Crippen LogP contribution in [0.3, 0.4) is 0 Å². The number of hydrogen-bond acceptors (Lipinski definition) is 2. The summed E-state index contributed by atoms with van der Waals surface area (Å²) < 4.78 is 4.87. The van der Waals surface area contributed by atoms with E-state index in [1.807, 2.05) is 6.92 Å². The summed E-state index contributed by atoms with van der Waals surface area (Å²) in [6.07, 6.45) is -0.968. The molecule has 0 aromatic carbocycles. The van der Waals surface area contributed by atoms with E-state index in [0.717, 1.165) is 0 Å². The predicted molar refractivity (Wildman–Crippen MR) is 37.1 cm³/mol. The molecule has 10 heavy (non-hydrogen) atoms. The van der Waals surface area contributed by atoms with Gasteiger partial charge in [-0.3, -0.25) is 0 Å². The highest BCUT2D eigenvalue weighted by Crippen LogP contribution is 1.91. The number of methoxy groups -OCH3 is 1. The van der Waals surface area contributed by atoms with E-state index in [-0.39, 0.29) is 6.10 Å². The SMILES string of the molecule is CO[C@@H](C)CN(C)C(=O)O. The molecular formula is C6H13NO3. The normalized spacial score (nSPS) is 12.7. The zero-order valence-electron chi connectivity index (χ0n) is 6.50. The van der Waals surface area contributed by atoms with Crippen molar-refractivity contribution in [2.24, 2.45) is 0 Å². The number of hydrogen-bond donors (Lipinski definition) is 1. The van der Waals surface area contributed by atoms with Crippen molar-refractivity contribution >= 4 is 6.09 Å². The number of ether oxygens (including phenoxy) is 1. The molecule has 0 radical (unpaired) electrons. The summed E-state index contributed by atoms with van der Waals surface area (Å²) in [6.45, 7) is 2.23. The van der Waals surface area contributed by atoms with E-state index in [0.29, 0.717) is 6.54 Å². The van der Waals surface area contributed by atoms with E-state index in [4.69, 9.17) is 9.84 Å². The van der Waals surface area contributed by atoms with Crippen LogP contribution in [0, 0.1) is 0 Å². The van der Waals surface area contributed by atoms with Gasteiger partial charge < -0.3 is 14.7 Å². The first-order valence-electron chi connectivity index (χ1n) is 3.04. The van der Waals surface area contributed by atoms with Crippen LogP contribution < -0.4 is 0 Å². The highest BCUT2D eigenvalue weighted by molar-refractivity contribution is 5.64. The van der Waals surface area contributed by atoms with Crippen LogP contribution in [-0.4, -0.2) is 42.9 Å². The van der Waals surface area contributed by atoms with Crippen molar-refractivity contribution in [1.82, 2.24) is 4.90 Å². The highest BCUT2D eigenvalue weighted by Gasteiger charge is 2.08. The molecule has 4 heteroatoms. The molecule has 0 saturated heterocycles. The van der Waals surface area contributed by atoms with Crippen molar-refractivity contribution in [3.05, 3.63) is 0 Å². The second kappa shape index (κ2) is 4.11. The van der Waals surface area contributed by atoms with Crippen LogP contribution in [0.5, 0.6) is 0 Å². The molecule has 0 bridgehead atoms. The average molecular weight is 147 g/mol. The van der Waals surface area contributed by atoms with Crippen LogP contribution in [0.1, 0.15) is 6.92 Å². The number of carbonyl (C=O) groups is 1. The fourth-order valence-electron chi connectivity index (χ4n) is 0.538. The van der Waals surface area contributed by atoms with Crippen LogP contribution in [0.15, 0.2) is 0 Å². The van der Waals surface area contributed by atoms with Crippen molar-refractivity contribution in [3.63, 3.8) is 0 Å². The Bertz CT molecular complexity index is 116. The highest BCUT2D eigenvalue weighted by atomic mass is 16.5. The Balaban J connectivity index is 3.56. The van der Waals surface area contributed by atoms with Gasteiger partial charge in [-0.15, -0.1) is 0 Å². The minimum absolute atomic E-state index is 0.0406. The second-order valence-electron chi connectivity index (χ2n) is 2.21. The number of amides is 1. The van der Waals surface area contributed by atoms with Crippen molar-refractivity contribution in [1.29, 1.82) is 0 Å².